The molecule has 0 atom stereocenters. The summed E-state index contributed by atoms with van der Waals surface area (Å²) in [6.07, 6.45) is 3.77. The number of aromatic hydroxyl groups is 1. The zero-order valence-electron chi connectivity index (χ0n) is 13.2. The molecule has 0 amide bonds. The first-order chi connectivity index (χ1) is 10.5. The van der Waals surface area contributed by atoms with Crippen LogP contribution in [0.5, 0.6) is 5.75 Å². The fraction of sp³-hybridized carbons (Fsp3) is 0.176. The molecule has 4 nitrogen and oxygen atoms in total. The lowest BCUT2D eigenvalue weighted by molar-refractivity contribution is 0.477. The highest BCUT2D eigenvalue weighted by atomic mass is 16.3. The van der Waals surface area contributed by atoms with Gasteiger partial charge in [0.05, 0.1) is 17.1 Å². The maximum atomic E-state index is 10.1. The molecule has 0 radical (unpaired) electrons. The lowest BCUT2D eigenvalue weighted by Crippen LogP contribution is -2.00. The maximum absolute atomic E-state index is 10.1. The van der Waals surface area contributed by atoms with E-state index in [1.165, 1.54) is 0 Å². The van der Waals surface area contributed by atoms with Crippen molar-refractivity contribution in [1.29, 1.82) is 0 Å². The second kappa shape index (κ2) is 6.94. The number of anilines is 1. The molecule has 0 bridgehead atoms. The van der Waals surface area contributed by atoms with Crippen molar-refractivity contribution in [3.63, 3.8) is 0 Å². The number of nitrogens with one attached hydrogen (secondary N) is 1. The van der Waals surface area contributed by atoms with Crippen molar-refractivity contribution in [3.05, 3.63) is 53.8 Å². The van der Waals surface area contributed by atoms with Crippen molar-refractivity contribution in [2.24, 2.45) is 9.98 Å². The van der Waals surface area contributed by atoms with E-state index in [0.717, 1.165) is 29.7 Å². The molecule has 1 heterocycles. The Hall–Kier alpha value is -2.56. The third kappa shape index (κ3) is 3.55. The Morgan fingerprint density at radius 3 is 2.82 bits per heavy atom. The van der Waals surface area contributed by atoms with Crippen molar-refractivity contribution in [1.82, 2.24) is 0 Å². The number of allylic oxidation sites excluding steroid dienone is 2. The van der Waals surface area contributed by atoms with E-state index >= 15 is 0 Å². The molecule has 112 valence electrons. The van der Waals surface area contributed by atoms with Crippen LogP contribution in [0.2, 0.25) is 0 Å². The van der Waals surface area contributed by atoms with Gasteiger partial charge in [-0.3, -0.25) is 9.98 Å². The molecule has 1 aromatic carbocycles. The number of aliphatic imine (C=N–C) groups is 2. The molecule has 5 heteroatoms. The fourth-order valence-corrected chi connectivity index (χ4v) is 2.23. The predicted molar refractivity (Wildman–Crippen MR) is 97.3 cm³/mol. The van der Waals surface area contributed by atoms with Crippen LogP contribution in [0.25, 0.3) is 5.57 Å². The van der Waals surface area contributed by atoms with E-state index in [4.69, 9.17) is 0 Å². The van der Waals surface area contributed by atoms with Gasteiger partial charge in [-0.1, -0.05) is 24.7 Å². The second-order valence-electron chi connectivity index (χ2n) is 5.11. The Bertz CT molecular complexity index is 715. The smallest absolute Gasteiger partial charge is 0.204 e. The highest BCUT2D eigenvalue weighted by Gasteiger charge is 2.11. The summed E-state index contributed by atoms with van der Waals surface area (Å²) in [5.41, 5.74) is 5.13. The van der Waals surface area contributed by atoms with Gasteiger partial charge < -0.3 is 10.4 Å². The van der Waals surface area contributed by atoms with E-state index in [-0.39, 0.29) is 5.75 Å². The molecule has 0 saturated carbocycles. The number of hydrogen-bond donors (Lipinski definition) is 2. The minimum Gasteiger partial charge on any atom is -0.506 e. The van der Waals surface area contributed by atoms with Crippen LogP contribution >= 0.6 is 0 Å². The summed E-state index contributed by atoms with van der Waals surface area (Å²) in [7, 11) is 2.58. The zero-order chi connectivity index (χ0) is 16.1. The van der Waals surface area contributed by atoms with Gasteiger partial charge in [0.15, 0.2) is 0 Å². The van der Waals surface area contributed by atoms with Crippen molar-refractivity contribution in [3.8, 4) is 5.75 Å². The Balaban J connectivity index is 2.26. The molecule has 22 heavy (non-hydrogen) atoms. The van der Waals surface area contributed by atoms with Gasteiger partial charge in [-0.2, -0.15) is 0 Å². The van der Waals surface area contributed by atoms with Gasteiger partial charge in [0.25, 0.3) is 0 Å². The minimum absolute atomic E-state index is 0.174. The molecule has 1 aliphatic rings. The molecule has 0 fully saturated rings. The SMILES string of the molecule is C=C(Nc1cc(C(/C=N\C)=C/C)ccc1O)C1=CBC(C)=N1. The Morgan fingerprint density at radius 1 is 1.45 bits per heavy atom. The van der Waals surface area contributed by atoms with Gasteiger partial charge >= 0.3 is 0 Å². The van der Waals surface area contributed by atoms with Crippen molar-refractivity contribution in [2.45, 2.75) is 13.8 Å². The minimum atomic E-state index is 0.174. The fourth-order valence-electron chi connectivity index (χ4n) is 2.23. The summed E-state index contributed by atoms with van der Waals surface area (Å²) >= 11 is 0. The molecular weight excluding hydrogens is 273 g/mol. The average molecular weight is 293 g/mol. The van der Waals surface area contributed by atoms with E-state index in [0.29, 0.717) is 11.4 Å². The number of phenolic OH excluding ortho intramolecular Hbond substituents is 1. The lowest BCUT2D eigenvalue weighted by Gasteiger charge is -2.13. The first-order valence-corrected chi connectivity index (χ1v) is 7.17. The molecule has 0 saturated heterocycles. The van der Waals surface area contributed by atoms with Crippen LogP contribution in [0.3, 0.4) is 0 Å². The molecule has 2 N–H and O–H groups in total. The van der Waals surface area contributed by atoms with E-state index in [9.17, 15) is 5.11 Å². The van der Waals surface area contributed by atoms with Gasteiger partial charge in [-0.15, -0.1) is 0 Å². The second-order valence-corrected chi connectivity index (χ2v) is 5.11. The van der Waals surface area contributed by atoms with Crippen LogP contribution < -0.4 is 5.32 Å². The van der Waals surface area contributed by atoms with Gasteiger partial charge in [0.1, 0.15) is 5.75 Å². The van der Waals surface area contributed by atoms with E-state index in [1.54, 1.807) is 19.3 Å². The Labute approximate surface area is 131 Å². The normalized spacial score (nSPS) is 14.6. The van der Waals surface area contributed by atoms with Gasteiger partial charge in [-0.25, -0.2) is 0 Å². The summed E-state index contributed by atoms with van der Waals surface area (Å²) < 4.78 is 0. The van der Waals surface area contributed by atoms with E-state index in [1.807, 2.05) is 38.0 Å². The number of nitrogens with zero attached hydrogens (tertiary/aromatic N) is 2. The van der Waals surface area contributed by atoms with Gasteiger partial charge in [0, 0.05) is 13.3 Å². The molecule has 0 spiro atoms. The molecule has 0 aliphatic carbocycles. The summed E-state index contributed by atoms with van der Waals surface area (Å²) in [6, 6.07) is 5.40. The number of rotatable bonds is 5. The maximum Gasteiger partial charge on any atom is 0.204 e. The Kier molecular flexibility index (Phi) is 4.99. The van der Waals surface area contributed by atoms with Crippen molar-refractivity contribution < 1.29 is 5.11 Å². The standard InChI is InChI=1S/C17H20BN3O/c1-5-13(10-19-4)14-6-7-17(22)15(8-14)20-11(2)16-9-18-12(3)21-16/h5-10,18,20,22H,2H2,1,3-4H3/b13-5+,19-10-. The quantitative estimate of drug-likeness (QED) is 0.498. The summed E-state index contributed by atoms with van der Waals surface area (Å²) in [4.78, 5) is 8.47. The van der Waals surface area contributed by atoms with Crippen LogP contribution in [-0.2, 0) is 0 Å². The lowest BCUT2D eigenvalue weighted by atomic mass is 9.75. The summed E-state index contributed by atoms with van der Waals surface area (Å²) in [5.74, 6) is 2.19. The van der Waals surface area contributed by atoms with Crippen LogP contribution in [0, 0.1) is 0 Å². The highest BCUT2D eigenvalue weighted by molar-refractivity contribution is 6.80. The van der Waals surface area contributed by atoms with Crippen molar-refractivity contribution in [2.75, 3.05) is 12.4 Å². The summed E-state index contributed by atoms with van der Waals surface area (Å²) in [5, 5.41) is 13.2. The van der Waals surface area contributed by atoms with Crippen LogP contribution in [0.15, 0.2) is 58.2 Å². The van der Waals surface area contributed by atoms with E-state index in [2.05, 4.69) is 21.9 Å². The number of benzene rings is 1. The topological polar surface area (TPSA) is 57.0 Å². The van der Waals surface area contributed by atoms with Crippen LogP contribution in [-0.4, -0.2) is 31.3 Å². The van der Waals surface area contributed by atoms with Crippen LogP contribution in [0.4, 0.5) is 5.69 Å². The number of hydrogen-bond acceptors (Lipinski definition) is 4. The largest absolute Gasteiger partial charge is 0.506 e. The average Bonchev–Trinajstić information content (AvgIpc) is 2.94. The molecule has 0 aromatic heterocycles. The van der Waals surface area contributed by atoms with Gasteiger partial charge in [-0.05, 0) is 42.7 Å². The molecule has 1 aliphatic heterocycles. The third-order valence-corrected chi connectivity index (χ3v) is 3.41. The van der Waals surface area contributed by atoms with E-state index < -0.39 is 0 Å². The predicted octanol–water partition coefficient (Wildman–Crippen LogP) is 3.13. The zero-order valence-corrected chi connectivity index (χ0v) is 13.2. The molecular formula is C17H20BN3O. The van der Waals surface area contributed by atoms with Crippen molar-refractivity contribution >= 4 is 30.4 Å². The van der Waals surface area contributed by atoms with Gasteiger partial charge in [0.2, 0.25) is 7.28 Å². The highest BCUT2D eigenvalue weighted by Crippen LogP contribution is 2.29. The molecule has 2 rings (SSSR count). The summed E-state index contributed by atoms with van der Waals surface area (Å²) in [6.45, 7) is 7.94. The van der Waals surface area contributed by atoms with Crippen LogP contribution in [0.1, 0.15) is 19.4 Å². The Morgan fingerprint density at radius 2 is 2.23 bits per heavy atom. The first kappa shape index (κ1) is 15.8. The molecule has 1 aromatic rings. The number of phenols is 1. The third-order valence-electron chi connectivity index (χ3n) is 3.41. The monoisotopic (exact) mass is 293 g/mol. The molecule has 0 unspecified atom stereocenters. The first-order valence-electron chi connectivity index (χ1n) is 7.17.